The number of carbonyl (C=O) groups excluding carboxylic acids is 1. The van der Waals surface area contributed by atoms with Crippen LogP contribution in [0, 0.1) is 5.41 Å². The van der Waals surface area contributed by atoms with Crippen molar-refractivity contribution in [1.82, 2.24) is 5.01 Å². The molecule has 2 aliphatic rings. The number of carboxylic acid groups (broad SMARTS) is 1. The van der Waals surface area contributed by atoms with Crippen molar-refractivity contribution in [3.8, 4) is 0 Å². The lowest BCUT2D eigenvalue weighted by Crippen LogP contribution is -2.43. The Hall–Kier alpha value is -2.21. The van der Waals surface area contributed by atoms with Gasteiger partial charge in [0.2, 0.25) is 0 Å². The van der Waals surface area contributed by atoms with Crippen LogP contribution in [0.3, 0.4) is 0 Å². The lowest BCUT2D eigenvalue weighted by molar-refractivity contribution is -0.142. The van der Waals surface area contributed by atoms with Gasteiger partial charge in [0.05, 0.1) is 22.7 Å². The zero-order valence-corrected chi connectivity index (χ0v) is 13.3. The van der Waals surface area contributed by atoms with E-state index in [0.717, 1.165) is 11.3 Å². The Kier molecular flexibility index (Phi) is 3.93. The Labute approximate surface area is 134 Å². The molecule has 2 heterocycles. The third kappa shape index (κ3) is 2.53. The first-order chi connectivity index (χ1) is 11.0. The van der Waals surface area contributed by atoms with Crippen LogP contribution in [0.5, 0.6) is 0 Å². The van der Waals surface area contributed by atoms with E-state index in [1.165, 1.54) is 5.01 Å². The van der Waals surface area contributed by atoms with Gasteiger partial charge in [0.15, 0.2) is 0 Å². The molecule has 23 heavy (non-hydrogen) atoms. The monoisotopic (exact) mass is 316 g/mol. The number of hydrogen-bond donors (Lipinski definition) is 1. The average Bonchev–Trinajstić information content (AvgIpc) is 2.80. The zero-order chi connectivity index (χ0) is 16.6. The van der Waals surface area contributed by atoms with E-state index in [0.29, 0.717) is 26.1 Å². The highest BCUT2D eigenvalue weighted by Gasteiger charge is 2.50. The molecule has 0 aromatic heterocycles. The normalized spacial score (nSPS) is 21.4. The number of carboxylic acids is 1. The van der Waals surface area contributed by atoms with E-state index < -0.39 is 11.4 Å². The Morgan fingerprint density at radius 3 is 2.48 bits per heavy atom. The van der Waals surface area contributed by atoms with Crippen molar-refractivity contribution in [3.63, 3.8) is 0 Å². The molecular formula is C17H20N2O4. The molecular weight excluding hydrogens is 296 g/mol. The molecule has 1 aromatic carbocycles. The predicted octanol–water partition coefficient (Wildman–Crippen LogP) is 2.46. The first-order valence-corrected chi connectivity index (χ1v) is 7.76. The molecule has 0 aliphatic carbocycles. The summed E-state index contributed by atoms with van der Waals surface area (Å²) in [6, 6.07) is 6.34. The minimum absolute atomic E-state index is 0.0214. The second-order valence-corrected chi connectivity index (χ2v) is 6.13. The van der Waals surface area contributed by atoms with Crippen LogP contribution in [0.4, 0.5) is 0 Å². The molecule has 0 bridgehead atoms. The predicted molar refractivity (Wildman–Crippen MR) is 84.3 cm³/mol. The van der Waals surface area contributed by atoms with Crippen LogP contribution in [-0.4, -0.2) is 40.9 Å². The van der Waals surface area contributed by atoms with Crippen molar-refractivity contribution in [2.75, 3.05) is 13.2 Å². The van der Waals surface area contributed by atoms with Gasteiger partial charge < -0.3 is 9.84 Å². The SMILES string of the molecule is CC1=NN(C(C)c2ccc(C(=O)O)cc2)C(=O)C12CCOCC2. The third-order valence-electron chi connectivity index (χ3n) is 4.92. The summed E-state index contributed by atoms with van der Waals surface area (Å²) in [7, 11) is 0. The van der Waals surface area contributed by atoms with E-state index in [1.807, 2.05) is 13.8 Å². The molecule has 0 saturated carbocycles. The van der Waals surface area contributed by atoms with Crippen molar-refractivity contribution in [2.45, 2.75) is 32.7 Å². The maximum Gasteiger partial charge on any atom is 0.335 e. The van der Waals surface area contributed by atoms with E-state index in [4.69, 9.17) is 9.84 Å². The van der Waals surface area contributed by atoms with Gasteiger partial charge in [-0.1, -0.05) is 12.1 Å². The van der Waals surface area contributed by atoms with E-state index in [2.05, 4.69) is 5.10 Å². The van der Waals surface area contributed by atoms with Gasteiger partial charge in [-0.15, -0.1) is 0 Å². The van der Waals surface area contributed by atoms with Crippen molar-refractivity contribution in [2.24, 2.45) is 10.5 Å². The van der Waals surface area contributed by atoms with Crippen molar-refractivity contribution < 1.29 is 19.4 Å². The Morgan fingerprint density at radius 1 is 1.30 bits per heavy atom. The molecule has 1 amide bonds. The highest BCUT2D eigenvalue weighted by atomic mass is 16.5. The van der Waals surface area contributed by atoms with Crippen LogP contribution in [-0.2, 0) is 9.53 Å². The topological polar surface area (TPSA) is 79.2 Å². The number of rotatable bonds is 3. The van der Waals surface area contributed by atoms with Crippen LogP contribution in [0.25, 0.3) is 0 Å². The summed E-state index contributed by atoms with van der Waals surface area (Å²) >= 11 is 0. The fourth-order valence-corrected chi connectivity index (χ4v) is 3.28. The molecule has 6 heteroatoms. The second-order valence-electron chi connectivity index (χ2n) is 6.13. The van der Waals surface area contributed by atoms with Gasteiger partial charge in [-0.2, -0.15) is 5.10 Å². The number of amides is 1. The summed E-state index contributed by atoms with van der Waals surface area (Å²) in [6.07, 6.45) is 1.34. The number of hydrogen-bond acceptors (Lipinski definition) is 4. The molecule has 1 N–H and O–H groups in total. The van der Waals surface area contributed by atoms with E-state index >= 15 is 0 Å². The number of nitrogens with zero attached hydrogens (tertiary/aromatic N) is 2. The van der Waals surface area contributed by atoms with Crippen LogP contribution in [0.2, 0.25) is 0 Å². The maximum atomic E-state index is 12.9. The Bertz CT molecular complexity index is 660. The minimum Gasteiger partial charge on any atom is -0.478 e. The third-order valence-corrected chi connectivity index (χ3v) is 4.92. The first kappa shape index (κ1) is 15.7. The van der Waals surface area contributed by atoms with E-state index in [9.17, 15) is 9.59 Å². The van der Waals surface area contributed by atoms with E-state index in [1.54, 1.807) is 24.3 Å². The average molecular weight is 316 g/mol. The van der Waals surface area contributed by atoms with Gasteiger partial charge in [0, 0.05) is 13.2 Å². The lowest BCUT2D eigenvalue weighted by Gasteiger charge is -2.33. The Morgan fingerprint density at radius 2 is 1.91 bits per heavy atom. The second kappa shape index (κ2) is 5.77. The highest BCUT2D eigenvalue weighted by Crippen LogP contribution is 2.41. The number of hydrazone groups is 1. The molecule has 6 nitrogen and oxygen atoms in total. The molecule has 1 unspecified atom stereocenters. The maximum absolute atomic E-state index is 12.9. The first-order valence-electron chi connectivity index (χ1n) is 7.76. The molecule has 1 atom stereocenters. The number of aromatic carboxylic acids is 1. The standard InChI is InChI=1S/C17H20N2O4/c1-11(13-3-5-14(6-4-13)15(20)21)19-16(22)17(12(2)18-19)7-9-23-10-8-17/h3-6,11H,7-10H2,1-2H3,(H,20,21). The summed E-state index contributed by atoms with van der Waals surface area (Å²) in [4.78, 5) is 23.9. The van der Waals surface area contributed by atoms with Crippen LogP contribution >= 0.6 is 0 Å². The van der Waals surface area contributed by atoms with Gasteiger partial charge in [0.25, 0.3) is 5.91 Å². The number of carbonyl (C=O) groups is 2. The largest absolute Gasteiger partial charge is 0.478 e. The van der Waals surface area contributed by atoms with Crippen LogP contribution in [0.15, 0.2) is 29.4 Å². The fraction of sp³-hybridized carbons (Fsp3) is 0.471. The molecule has 1 spiro atoms. The minimum atomic E-state index is -0.962. The smallest absolute Gasteiger partial charge is 0.335 e. The fourth-order valence-electron chi connectivity index (χ4n) is 3.28. The number of benzene rings is 1. The van der Waals surface area contributed by atoms with Crippen molar-refractivity contribution in [1.29, 1.82) is 0 Å². The van der Waals surface area contributed by atoms with Gasteiger partial charge >= 0.3 is 5.97 Å². The number of ether oxygens (including phenoxy) is 1. The van der Waals surface area contributed by atoms with Gasteiger partial charge in [-0.05, 0) is 44.4 Å². The van der Waals surface area contributed by atoms with Crippen molar-refractivity contribution in [3.05, 3.63) is 35.4 Å². The van der Waals surface area contributed by atoms with Gasteiger partial charge in [-0.3, -0.25) is 4.79 Å². The summed E-state index contributed by atoms with van der Waals surface area (Å²) in [6.45, 7) is 4.97. The molecule has 0 radical (unpaired) electrons. The quantitative estimate of drug-likeness (QED) is 0.929. The van der Waals surface area contributed by atoms with Crippen LogP contribution < -0.4 is 0 Å². The summed E-state index contributed by atoms with van der Waals surface area (Å²) < 4.78 is 5.39. The molecule has 1 aromatic rings. The molecule has 122 valence electrons. The molecule has 1 fully saturated rings. The summed E-state index contributed by atoms with van der Waals surface area (Å²) in [5.41, 5.74) is 1.42. The van der Waals surface area contributed by atoms with Gasteiger partial charge in [-0.25, -0.2) is 9.80 Å². The van der Waals surface area contributed by atoms with Crippen LogP contribution in [0.1, 0.15) is 48.7 Å². The highest BCUT2D eigenvalue weighted by molar-refractivity contribution is 6.11. The molecule has 1 saturated heterocycles. The molecule has 2 aliphatic heterocycles. The Balaban J connectivity index is 1.84. The summed E-state index contributed by atoms with van der Waals surface area (Å²) in [5.74, 6) is -0.940. The van der Waals surface area contributed by atoms with E-state index in [-0.39, 0.29) is 17.5 Å². The van der Waals surface area contributed by atoms with Gasteiger partial charge in [0.1, 0.15) is 0 Å². The zero-order valence-electron chi connectivity index (χ0n) is 13.3. The molecule has 3 rings (SSSR count). The van der Waals surface area contributed by atoms with Crippen molar-refractivity contribution >= 4 is 17.6 Å². The lowest BCUT2D eigenvalue weighted by atomic mass is 9.76. The summed E-state index contributed by atoms with van der Waals surface area (Å²) in [5, 5.41) is 15.0.